The van der Waals surface area contributed by atoms with Crippen LogP contribution in [0.15, 0.2) is 30.3 Å². The van der Waals surface area contributed by atoms with E-state index in [4.69, 9.17) is 4.74 Å². The summed E-state index contributed by atoms with van der Waals surface area (Å²) in [6.07, 6.45) is 0.806. The average Bonchev–Trinajstić information content (AvgIpc) is 2.17. The Kier molecular flexibility index (Phi) is 4.70. The van der Waals surface area contributed by atoms with Crippen LogP contribution in [0.1, 0.15) is 23.7 Å². The largest absolute Gasteiger partial charge is 0.462 e. The Balaban J connectivity index is 2.38. The monoisotopic (exact) mass is 242 g/mol. The highest BCUT2D eigenvalue weighted by Crippen LogP contribution is 2.29. The molecule has 82 valence electrons. The molecule has 0 fully saturated rings. The number of benzene rings is 1. The molecule has 0 aliphatic heterocycles. The molecule has 2 atom stereocenters. The molecule has 0 bridgehead atoms. The van der Waals surface area contributed by atoms with E-state index in [0.29, 0.717) is 12.2 Å². The maximum absolute atomic E-state index is 11.5. The number of carbonyl (C=O) groups is 1. The second kappa shape index (κ2) is 5.58. The van der Waals surface area contributed by atoms with Crippen LogP contribution in [-0.2, 0) is 4.74 Å². The standard InChI is InChI=1S/C11H16O2P2/c1-11(14,15)7-8-13-10(12)9-5-3-2-4-6-9/h2-6H,7-8,14-15H2,1H3. The van der Waals surface area contributed by atoms with Crippen molar-refractivity contribution in [1.29, 1.82) is 0 Å². The maximum atomic E-state index is 11.5. The molecule has 4 heteroatoms. The summed E-state index contributed by atoms with van der Waals surface area (Å²) in [5.41, 5.74) is 0.603. The molecular formula is C11H16O2P2. The van der Waals surface area contributed by atoms with Gasteiger partial charge in [0.1, 0.15) is 0 Å². The van der Waals surface area contributed by atoms with Crippen molar-refractivity contribution in [3.8, 4) is 0 Å². The van der Waals surface area contributed by atoms with Crippen LogP contribution in [-0.4, -0.2) is 17.5 Å². The van der Waals surface area contributed by atoms with Gasteiger partial charge in [0.05, 0.1) is 12.2 Å². The Morgan fingerprint density at radius 3 is 2.47 bits per heavy atom. The summed E-state index contributed by atoms with van der Waals surface area (Å²) in [6.45, 7) is 2.50. The molecule has 1 aromatic rings. The Morgan fingerprint density at radius 2 is 1.93 bits per heavy atom. The van der Waals surface area contributed by atoms with Gasteiger partial charge in [-0.05, 0) is 23.5 Å². The van der Waals surface area contributed by atoms with Crippen molar-refractivity contribution in [2.75, 3.05) is 6.61 Å². The van der Waals surface area contributed by atoms with Crippen LogP contribution in [0.4, 0.5) is 0 Å². The SMILES string of the molecule is CC(P)(P)CCOC(=O)c1ccccc1. The summed E-state index contributed by atoms with van der Waals surface area (Å²) in [5, 5.41) is 0. The zero-order chi connectivity index (χ0) is 11.3. The second-order valence-electron chi connectivity index (χ2n) is 3.76. The van der Waals surface area contributed by atoms with Crippen molar-refractivity contribution >= 4 is 24.4 Å². The van der Waals surface area contributed by atoms with Gasteiger partial charge in [0.2, 0.25) is 0 Å². The van der Waals surface area contributed by atoms with Gasteiger partial charge in [-0.2, -0.15) is 0 Å². The lowest BCUT2D eigenvalue weighted by molar-refractivity contribution is 0.0499. The highest BCUT2D eigenvalue weighted by molar-refractivity contribution is 7.39. The van der Waals surface area contributed by atoms with E-state index in [1.54, 1.807) is 12.1 Å². The Morgan fingerprint density at radius 1 is 1.33 bits per heavy atom. The lowest BCUT2D eigenvalue weighted by Crippen LogP contribution is -2.13. The average molecular weight is 242 g/mol. The van der Waals surface area contributed by atoms with E-state index in [0.717, 1.165) is 6.42 Å². The van der Waals surface area contributed by atoms with E-state index in [1.165, 1.54) is 0 Å². The third kappa shape index (κ3) is 5.25. The molecule has 0 amide bonds. The van der Waals surface area contributed by atoms with Crippen LogP contribution < -0.4 is 0 Å². The Hall–Kier alpha value is -0.450. The number of ether oxygens (including phenoxy) is 1. The zero-order valence-corrected chi connectivity index (χ0v) is 11.1. The van der Waals surface area contributed by atoms with Gasteiger partial charge in [0.25, 0.3) is 0 Å². The summed E-state index contributed by atoms with van der Waals surface area (Å²) < 4.78 is 5.14. The molecule has 0 aromatic heterocycles. The van der Waals surface area contributed by atoms with Crippen LogP contribution in [0.25, 0.3) is 0 Å². The molecule has 0 saturated heterocycles. The molecule has 0 aliphatic rings. The molecule has 0 spiro atoms. The highest BCUT2D eigenvalue weighted by Gasteiger charge is 2.12. The molecule has 1 rings (SSSR count). The topological polar surface area (TPSA) is 26.3 Å². The fraction of sp³-hybridized carbons (Fsp3) is 0.364. The Labute approximate surface area is 95.2 Å². The van der Waals surface area contributed by atoms with Crippen LogP contribution in [0, 0.1) is 0 Å². The normalized spacial score (nSPS) is 11.1. The minimum Gasteiger partial charge on any atom is -0.462 e. The maximum Gasteiger partial charge on any atom is 0.338 e. The zero-order valence-electron chi connectivity index (χ0n) is 8.77. The number of hydrogen-bond acceptors (Lipinski definition) is 2. The number of esters is 1. The predicted molar refractivity (Wildman–Crippen MR) is 69.2 cm³/mol. The number of carbonyl (C=O) groups excluding carboxylic acids is 1. The molecule has 2 unspecified atom stereocenters. The smallest absolute Gasteiger partial charge is 0.338 e. The summed E-state index contributed by atoms with van der Waals surface area (Å²) >= 11 is 0. The first-order chi connectivity index (χ1) is 6.99. The number of rotatable bonds is 4. The van der Waals surface area contributed by atoms with E-state index in [9.17, 15) is 4.79 Å². The van der Waals surface area contributed by atoms with Crippen LogP contribution in [0.2, 0.25) is 0 Å². The third-order valence-electron chi connectivity index (χ3n) is 1.88. The molecule has 1 aromatic carbocycles. The van der Waals surface area contributed by atoms with Crippen molar-refractivity contribution in [1.82, 2.24) is 0 Å². The summed E-state index contributed by atoms with van der Waals surface area (Å²) in [6, 6.07) is 9.03. The molecular weight excluding hydrogens is 226 g/mol. The van der Waals surface area contributed by atoms with Crippen molar-refractivity contribution in [2.45, 2.75) is 18.2 Å². The third-order valence-corrected chi connectivity index (χ3v) is 2.46. The van der Waals surface area contributed by atoms with Crippen molar-refractivity contribution in [2.24, 2.45) is 0 Å². The lowest BCUT2D eigenvalue weighted by atomic mass is 10.2. The number of hydrogen-bond donors (Lipinski definition) is 0. The van der Waals surface area contributed by atoms with Gasteiger partial charge in [-0.1, -0.05) is 25.1 Å². The van der Waals surface area contributed by atoms with E-state index < -0.39 is 0 Å². The molecule has 0 aliphatic carbocycles. The van der Waals surface area contributed by atoms with Crippen molar-refractivity contribution in [3.05, 3.63) is 35.9 Å². The van der Waals surface area contributed by atoms with Gasteiger partial charge < -0.3 is 4.74 Å². The molecule has 0 saturated carbocycles. The minimum absolute atomic E-state index is 0.0387. The van der Waals surface area contributed by atoms with Crippen LogP contribution >= 0.6 is 18.5 Å². The van der Waals surface area contributed by atoms with E-state index in [1.807, 2.05) is 18.2 Å². The molecule has 0 N–H and O–H groups in total. The molecule has 15 heavy (non-hydrogen) atoms. The Bertz CT molecular complexity index is 317. The van der Waals surface area contributed by atoms with Gasteiger partial charge in [0.15, 0.2) is 0 Å². The first-order valence-corrected chi connectivity index (χ1v) is 5.94. The van der Waals surface area contributed by atoms with E-state index in [2.05, 4.69) is 25.4 Å². The molecule has 0 radical (unpaired) electrons. The van der Waals surface area contributed by atoms with E-state index in [-0.39, 0.29) is 10.9 Å². The summed E-state index contributed by atoms with van der Waals surface area (Å²) in [7, 11) is 5.40. The summed E-state index contributed by atoms with van der Waals surface area (Å²) in [5.74, 6) is -0.255. The van der Waals surface area contributed by atoms with E-state index >= 15 is 0 Å². The minimum atomic E-state index is -0.255. The summed E-state index contributed by atoms with van der Waals surface area (Å²) in [4.78, 5) is 11.5. The molecule has 2 nitrogen and oxygen atoms in total. The molecule has 0 heterocycles. The lowest BCUT2D eigenvalue weighted by Gasteiger charge is -2.17. The first kappa shape index (κ1) is 12.6. The fourth-order valence-corrected chi connectivity index (χ4v) is 1.26. The van der Waals surface area contributed by atoms with Gasteiger partial charge in [0, 0.05) is 0 Å². The highest BCUT2D eigenvalue weighted by atomic mass is 31.1. The van der Waals surface area contributed by atoms with Gasteiger partial charge >= 0.3 is 5.97 Å². The van der Waals surface area contributed by atoms with Gasteiger partial charge in [-0.15, -0.1) is 18.5 Å². The van der Waals surface area contributed by atoms with Crippen molar-refractivity contribution < 1.29 is 9.53 Å². The van der Waals surface area contributed by atoms with Crippen molar-refractivity contribution in [3.63, 3.8) is 0 Å². The predicted octanol–water partition coefficient (Wildman–Crippen LogP) is 2.70. The quantitative estimate of drug-likeness (QED) is 0.599. The second-order valence-corrected chi connectivity index (χ2v) is 7.06. The fourth-order valence-electron chi connectivity index (χ4n) is 1.02. The van der Waals surface area contributed by atoms with Crippen LogP contribution in [0.3, 0.4) is 0 Å². The van der Waals surface area contributed by atoms with Crippen LogP contribution in [0.5, 0.6) is 0 Å². The van der Waals surface area contributed by atoms with Gasteiger partial charge in [-0.25, -0.2) is 4.79 Å². The van der Waals surface area contributed by atoms with Gasteiger partial charge in [-0.3, -0.25) is 0 Å². The first-order valence-electron chi connectivity index (χ1n) is 4.79.